The molecule has 7 nitrogen and oxygen atoms in total. The third kappa shape index (κ3) is 4.44. The van der Waals surface area contributed by atoms with Crippen LogP contribution in [0.15, 0.2) is 48.8 Å². The zero-order valence-electron chi connectivity index (χ0n) is 15.4. The predicted molar refractivity (Wildman–Crippen MR) is 99.6 cm³/mol. The van der Waals surface area contributed by atoms with Crippen LogP contribution in [0.2, 0.25) is 0 Å². The average Bonchev–Trinajstić information content (AvgIpc) is 3.09. The maximum atomic E-state index is 11.2. The van der Waals surface area contributed by atoms with E-state index in [4.69, 9.17) is 14.6 Å². The molecule has 0 aliphatic carbocycles. The number of carbonyl (C=O) groups is 1. The van der Waals surface area contributed by atoms with Gasteiger partial charge in [-0.1, -0.05) is 12.1 Å². The molecule has 7 heteroatoms. The monoisotopic (exact) mass is 367 g/mol. The Kier molecular flexibility index (Phi) is 5.40. The first kappa shape index (κ1) is 18.4. The zero-order valence-corrected chi connectivity index (χ0v) is 15.4. The van der Waals surface area contributed by atoms with E-state index in [2.05, 4.69) is 10.1 Å². The van der Waals surface area contributed by atoms with Crippen molar-refractivity contribution in [2.24, 2.45) is 0 Å². The van der Waals surface area contributed by atoms with E-state index in [0.29, 0.717) is 11.7 Å². The number of aromatic carboxylic acids is 1. The maximum Gasteiger partial charge on any atom is 0.335 e. The topological polar surface area (TPSA) is 86.5 Å². The van der Waals surface area contributed by atoms with E-state index in [0.717, 1.165) is 16.9 Å². The molecule has 0 bridgehead atoms. The summed E-state index contributed by atoms with van der Waals surface area (Å²) in [4.78, 5) is 15.3. The van der Waals surface area contributed by atoms with Crippen molar-refractivity contribution in [2.75, 3.05) is 0 Å². The fourth-order valence-corrected chi connectivity index (χ4v) is 2.54. The fourth-order valence-electron chi connectivity index (χ4n) is 2.54. The van der Waals surface area contributed by atoms with Gasteiger partial charge in [0.1, 0.15) is 12.4 Å². The molecule has 0 atom stereocenters. The summed E-state index contributed by atoms with van der Waals surface area (Å²) < 4.78 is 13.2. The molecule has 0 amide bonds. The number of pyridine rings is 1. The van der Waals surface area contributed by atoms with Gasteiger partial charge in [-0.2, -0.15) is 9.78 Å². The van der Waals surface area contributed by atoms with Crippen LogP contribution in [0.25, 0.3) is 5.82 Å². The van der Waals surface area contributed by atoms with Crippen LogP contribution in [-0.4, -0.2) is 31.9 Å². The molecule has 0 aliphatic rings. The van der Waals surface area contributed by atoms with Gasteiger partial charge in [0.15, 0.2) is 5.82 Å². The summed E-state index contributed by atoms with van der Waals surface area (Å²) in [7, 11) is 0. The van der Waals surface area contributed by atoms with Gasteiger partial charge in [0.25, 0.3) is 0 Å². The standard InChI is InChI=1S/C20H21N3O4/c1-13(2)27-17-10-14(3)4-5-16(17)12-26-19-7-9-22-23(19)18-11-15(20(24)25)6-8-21-18/h4-11,13H,12H2,1-3H3,(H,24,25). The van der Waals surface area contributed by atoms with Crippen LogP contribution < -0.4 is 9.47 Å². The highest BCUT2D eigenvalue weighted by Gasteiger charge is 2.12. The molecule has 0 unspecified atom stereocenters. The van der Waals surface area contributed by atoms with Gasteiger partial charge in [-0.05, 0) is 44.5 Å². The van der Waals surface area contributed by atoms with Gasteiger partial charge in [0.05, 0.1) is 17.9 Å². The fraction of sp³-hybridized carbons (Fsp3) is 0.250. The van der Waals surface area contributed by atoms with Crippen molar-refractivity contribution in [2.45, 2.75) is 33.5 Å². The van der Waals surface area contributed by atoms with E-state index in [1.165, 1.54) is 23.0 Å². The van der Waals surface area contributed by atoms with Gasteiger partial charge < -0.3 is 14.6 Å². The number of aryl methyl sites for hydroxylation is 1. The minimum atomic E-state index is -1.02. The molecule has 0 fully saturated rings. The van der Waals surface area contributed by atoms with Gasteiger partial charge in [-0.3, -0.25) is 0 Å². The second kappa shape index (κ2) is 7.90. The van der Waals surface area contributed by atoms with E-state index in [-0.39, 0.29) is 18.3 Å². The number of carboxylic acid groups (broad SMARTS) is 1. The molecule has 3 aromatic rings. The summed E-state index contributed by atoms with van der Waals surface area (Å²) in [6.07, 6.45) is 3.06. The zero-order chi connectivity index (χ0) is 19.4. The van der Waals surface area contributed by atoms with E-state index >= 15 is 0 Å². The maximum absolute atomic E-state index is 11.2. The predicted octanol–water partition coefficient (Wildman–Crippen LogP) is 3.64. The van der Waals surface area contributed by atoms with E-state index in [9.17, 15) is 4.79 Å². The molecule has 1 N–H and O–H groups in total. The van der Waals surface area contributed by atoms with Crippen LogP contribution in [0.4, 0.5) is 0 Å². The second-order valence-corrected chi connectivity index (χ2v) is 6.36. The lowest BCUT2D eigenvalue weighted by atomic mass is 10.1. The number of hydrogen-bond donors (Lipinski definition) is 1. The number of benzene rings is 1. The van der Waals surface area contributed by atoms with Gasteiger partial charge in [0.2, 0.25) is 5.88 Å². The molecule has 2 heterocycles. The highest BCUT2D eigenvalue weighted by Crippen LogP contribution is 2.24. The molecule has 0 radical (unpaired) electrons. The summed E-state index contributed by atoms with van der Waals surface area (Å²) in [6.45, 7) is 6.24. The summed E-state index contributed by atoms with van der Waals surface area (Å²) in [5.74, 6) is 0.587. The molecule has 1 aromatic carbocycles. The van der Waals surface area contributed by atoms with Crippen molar-refractivity contribution in [3.8, 4) is 17.4 Å². The molecule has 0 aliphatic heterocycles. The first-order valence-corrected chi connectivity index (χ1v) is 8.57. The van der Waals surface area contributed by atoms with Crippen LogP contribution in [0, 0.1) is 6.92 Å². The number of hydrogen-bond acceptors (Lipinski definition) is 5. The minimum Gasteiger partial charge on any atom is -0.491 e. The minimum absolute atomic E-state index is 0.0547. The molecule has 3 rings (SSSR count). The summed E-state index contributed by atoms with van der Waals surface area (Å²) in [5.41, 5.74) is 2.15. The van der Waals surface area contributed by atoms with E-state index in [1.807, 2.05) is 39.0 Å². The van der Waals surface area contributed by atoms with Crippen molar-refractivity contribution in [3.63, 3.8) is 0 Å². The molecule has 27 heavy (non-hydrogen) atoms. The van der Waals surface area contributed by atoms with Gasteiger partial charge >= 0.3 is 5.97 Å². The van der Waals surface area contributed by atoms with Crippen molar-refractivity contribution < 1.29 is 19.4 Å². The second-order valence-electron chi connectivity index (χ2n) is 6.36. The van der Waals surface area contributed by atoms with Gasteiger partial charge in [0, 0.05) is 17.8 Å². The highest BCUT2D eigenvalue weighted by atomic mass is 16.5. The quantitative estimate of drug-likeness (QED) is 0.686. The first-order valence-electron chi connectivity index (χ1n) is 8.57. The highest BCUT2D eigenvalue weighted by molar-refractivity contribution is 5.87. The number of rotatable bonds is 7. The van der Waals surface area contributed by atoms with E-state index < -0.39 is 5.97 Å². The van der Waals surface area contributed by atoms with E-state index in [1.54, 1.807) is 12.3 Å². The third-order valence-electron chi connectivity index (χ3n) is 3.78. The number of aromatic nitrogens is 3. The summed E-state index contributed by atoms with van der Waals surface area (Å²) in [6, 6.07) is 10.5. The molecule has 0 saturated carbocycles. The third-order valence-corrected chi connectivity index (χ3v) is 3.78. The molecule has 140 valence electrons. The first-order chi connectivity index (χ1) is 12.9. The summed E-state index contributed by atoms with van der Waals surface area (Å²) in [5, 5.41) is 13.3. The largest absolute Gasteiger partial charge is 0.491 e. The Balaban J connectivity index is 1.82. The molecule has 0 spiro atoms. The molecule has 2 aromatic heterocycles. The van der Waals surface area contributed by atoms with Gasteiger partial charge in [-0.15, -0.1) is 0 Å². The normalized spacial score (nSPS) is 10.8. The average molecular weight is 367 g/mol. The number of carboxylic acids is 1. The molecular formula is C20H21N3O4. The Labute approximate surface area is 157 Å². The van der Waals surface area contributed by atoms with Crippen molar-refractivity contribution >= 4 is 5.97 Å². The SMILES string of the molecule is Cc1ccc(COc2ccnn2-c2cc(C(=O)O)ccn2)c(OC(C)C)c1. The van der Waals surface area contributed by atoms with Crippen molar-refractivity contribution in [1.29, 1.82) is 0 Å². The van der Waals surface area contributed by atoms with Crippen LogP contribution in [0.3, 0.4) is 0 Å². The molecule has 0 saturated heterocycles. The van der Waals surface area contributed by atoms with Crippen LogP contribution in [0.1, 0.15) is 35.3 Å². The summed E-state index contributed by atoms with van der Waals surface area (Å²) >= 11 is 0. The lowest BCUT2D eigenvalue weighted by molar-refractivity contribution is 0.0696. The Morgan fingerprint density at radius 3 is 2.74 bits per heavy atom. The van der Waals surface area contributed by atoms with Crippen LogP contribution in [-0.2, 0) is 6.61 Å². The number of ether oxygens (including phenoxy) is 2. The smallest absolute Gasteiger partial charge is 0.335 e. The Bertz CT molecular complexity index is 950. The van der Waals surface area contributed by atoms with Crippen molar-refractivity contribution in [3.05, 3.63) is 65.5 Å². The van der Waals surface area contributed by atoms with Gasteiger partial charge in [-0.25, -0.2) is 9.78 Å². The Hall–Kier alpha value is -3.35. The van der Waals surface area contributed by atoms with Crippen LogP contribution >= 0.6 is 0 Å². The lowest BCUT2D eigenvalue weighted by Crippen LogP contribution is -2.10. The Morgan fingerprint density at radius 2 is 2.00 bits per heavy atom. The number of nitrogens with zero attached hydrogens (tertiary/aromatic N) is 3. The lowest BCUT2D eigenvalue weighted by Gasteiger charge is -2.16. The Morgan fingerprint density at radius 1 is 1.19 bits per heavy atom. The van der Waals surface area contributed by atoms with Crippen molar-refractivity contribution in [1.82, 2.24) is 14.8 Å². The van der Waals surface area contributed by atoms with Crippen LogP contribution in [0.5, 0.6) is 11.6 Å². The molecular weight excluding hydrogens is 346 g/mol.